The van der Waals surface area contributed by atoms with Gasteiger partial charge in [-0.05, 0) is 29.3 Å². The van der Waals surface area contributed by atoms with E-state index in [0.717, 1.165) is 37.1 Å². The van der Waals surface area contributed by atoms with Crippen LogP contribution in [0.15, 0.2) is 139 Å². The summed E-state index contributed by atoms with van der Waals surface area (Å²) in [4.78, 5) is 14.5. The number of fused-ring (bicyclic) bond motifs is 6. The summed E-state index contributed by atoms with van der Waals surface area (Å²) in [6.07, 6.45) is 0. The average Bonchev–Trinajstić information content (AvgIpc) is 3.79. The van der Waals surface area contributed by atoms with Gasteiger partial charge in [0.2, 0.25) is 0 Å². The SMILES string of the molecule is [2H]c1c([2H])c([2H])c(-c2c([2H])c([2H])c([2H])c3c2sc2c([2H])c(-c4nc(-c5ccccc5)nc(-c5cccc6sc7ccccc7c56)n4)c([2H])c([2H])c23)c([2H])c1[2H]. The molecule has 3 aromatic heterocycles. The van der Waals surface area contributed by atoms with E-state index in [-0.39, 0.29) is 60.6 Å². The van der Waals surface area contributed by atoms with Gasteiger partial charge in [-0.25, -0.2) is 15.0 Å². The summed E-state index contributed by atoms with van der Waals surface area (Å²) in [5, 5.41) is 1.96. The fraction of sp³-hybridized carbons (Fsp3) is 0. The van der Waals surface area contributed by atoms with Crippen molar-refractivity contribution in [2.24, 2.45) is 0 Å². The second-order valence-electron chi connectivity index (χ2n) is 9.96. The van der Waals surface area contributed by atoms with Crippen LogP contribution in [0, 0.1) is 0 Å². The molecule has 44 heavy (non-hydrogen) atoms. The number of thiophene rings is 2. The van der Waals surface area contributed by atoms with Crippen molar-refractivity contribution in [2.45, 2.75) is 0 Å². The van der Waals surface area contributed by atoms with E-state index in [1.54, 1.807) is 11.3 Å². The smallest absolute Gasteiger partial charge is 0.164 e. The molecule has 0 saturated heterocycles. The molecule has 0 radical (unpaired) electrons. The summed E-state index contributed by atoms with van der Waals surface area (Å²) in [5.74, 6) is 0.561. The Labute approximate surface area is 277 Å². The van der Waals surface area contributed by atoms with Crippen molar-refractivity contribution in [1.82, 2.24) is 15.0 Å². The van der Waals surface area contributed by atoms with Crippen LogP contribution < -0.4 is 0 Å². The van der Waals surface area contributed by atoms with E-state index in [9.17, 15) is 4.11 Å². The predicted molar refractivity (Wildman–Crippen MR) is 187 cm³/mol. The van der Waals surface area contributed by atoms with Crippen LogP contribution in [0.2, 0.25) is 0 Å². The first-order chi connectivity index (χ1) is 26.4. The van der Waals surface area contributed by atoms with Crippen LogP contribution in [-0.4, -0.2) is 15.0 Å². The number of nitrogens with zero attached hydrogens (tertiary/aromatic N) is 3. The van der Waals surface area contributed by atoms with Crippen molar-refractivity contribution in [3.8, 4) is 45.3 Å². The van der Waals surface area contributed by atoms with Gasteiger partial charge in [0.25, 0.3) is 0 Å². The molecule has 0 N–H and O–H groups in total. The molecule has 9 aromatic rings. The zero-order valence-electron chi connectivity index (χ0n) is 33.6. The number of rotatable bonds is 4. The first-order valence-electron chi connectivity index (χ1n) is 19.1. The summed E-state index contributed by atoms with van der Waals surface area (Å²) in [6.45, 7) is 0. The fourth-order valence-electron chi connectivity index (χ4n) is 5.36. The Morgan fingerprint density at radius 3 is 2.11 bits per heavy atom. The van der Waals surface area contributed by atoms with Gasteiger partial charge < -0.3 is 0 Å². The fourth-order valence-corrected chi connectivity index (χ4v) is 7.62. The zero-order chi connectivity index (χ0) is 38.6. The predicted octanol–water partition coefficient (Wildman–Crippen LogP) is 11.3. The Morgan fingerprint density at radius 1 is 0.455 bits per heavy atom. The average molecular weight is 609 g/mol. The molecule has 0 aliphatic carbocycles. The van der Waals surface area contributed by atoms with Crippen LogP contribution in [0.3, 0.4) is 0 Å². The molecular weight excluding hydrogens is 575 g/mol. The second kappa shape index (κ2) is 10.2. The van der Waals surface area contributed by atoms with Crippen LogP contribution in [-0.2, 0) is 0 Å². The first kappa shape index (κ1) is 16.6. The molecule has 0 atom stereocenters. The molecule has 0 fully saturated rings. The highest BCUT2D eigenvalue weighted by atomic mass is 32.1. The molecule has 206 valence electrons. The normalized spacial score (nSPS) is 15.1. The standard InChI is InChI=1S/C39H23N3S2/c1-3-11-24(12-4-1)27-16-9-17-29-28-22-21-26(23-34(28)44-36(27)29)38-40-37(25-13-5-2-6-14-25)41-39(42-38)31-18-10-20-33-35(31)30-15-7-8-19-32(30)43-33/h1-23H/i1D,3D,4D,9D,11D,12D,16D,17D,21D,22D,23D. The molecule has 5 heteroatoms. The van der Waals surface area contributed by atoms with Gasteiger partial charge in [0.05, 0.1) is 15.1 Å². The lowest BCUT2D eigenvalue weighted by molar-refractivity contribution is 1.08. The lowest BCUT2D eigenvalue weighted by Gasteiger charge is -2.09. The van der Waals surface area contributed by atoms with Gasteiger partial charge in [-0.2, -0.15) is 0 Å². The maximum absolute atomic E-state index is 9.54. The van der Waals surface area contributed by atoms with E-state index >= 15 is 0 Å². The van der Waals surface area contributed by atoms with Gasteiger partial charge in [-0.15, -0.1) is 22.7 Å². The first-order valence-corrected chi connectivity index (χ1v) is 15.3. The number of hydrogen-bond donors (Lipinski definition) is 0. The summed E-state index contributed by atoms with van der Waals surface area (Å²) in [5.41, 5.74) is 0.812. The molecule has 0 aliphatic rings. The minimum Gasteiger partial charge on any atom is -0.208 e. The largest absolute Gasteiger partial charge is 0.208 e. The van der Waals surface area contributed by atoms with Crippen molar-refractivity contribution >= 4 is 63.0 Å². The molecule has 9 rings (SSSR count). The highest BCUT2D eigenvalue weighted by molar-refractivity contribution is 7.26. The maximum Gasteiger partial charge on any atom is 0.164 e. The number of aromatic nitrogens is 3. The lowest BCUT2D eigenvalue weighted by atomic mass is 10.0. The molecule has 0 saturated carbocycles. The van der Waals surface area contributed by atoms with Crippen molar-refractivity contribution in [2.75, 3.05) is 0 Å². The van der Waals surface area contributed by atoms with Crippen molar-refractivity contribution in [1.29, 1.82) is 0 Å². The molecule has 0 spiro atoms. The molecule has 0 amide bonds. The van der Waals surface area contributed by atoms with E-state index in [1.807, 2.05) is 72.8 Å². The van der Waals surface area contributed by atoms with E-state index in [0.29, 0.717) is 11.4 Å². The third-order valence-electron chi connectivity index (χ3n) is 7.35. The van der Waals surface area contributed by atoms with Crippen LogP contribution in [0.5, 0.6) is 0 Å². The van der Waals surface area contributed by atoms with Crippen LogP contribution in [0.4, 0.5) is 0 Å². The molecular formula is C39H23N3S2. The maximum atomic E-state index is 9.54. The van der Waals surface area contributed by atoms with Crippen LogP contribution in [0.1, 0.15) is 15.1 Å². The van der Waals surface area contributed by atoms with Gasteiger partial charge in [0.15, 0.2) is 17.5 Å². The second-order valence-corrected chi connectivity index (χ2v) is 12.1. The van der Waals surface area contributed by atoms with Crippen molar-refractivity contribution < 1.29 is 15.1 Å². The van der Waals surface area contributed by atoms with Gasteiger partial charge in [0.1, 0.15) is 0 Å². The topological polar surface area (TPSA) is 38.7 Å². The Balaban J connectivity index is 1.37. The molecule has 0 bridgehead atoms. The quantitative estimate of drug-likeness (QED) is 0.199. The van der Waals surface area contributed by atoms with E-state index in [1.165, 1.54) is 0 Å². The Bertz CT molecular complexity index is 3100. The third kappa shape index (κ3) is 4.13. The summed E-state index contributed by atoms with van der Waals surface area (Å²) >= 11 is 2.54. The van der Waals surface area contributed by atoms with Crippen molar-refractivity contribution in [3.63, 3.8) is 0 Å². The minimum absolute atomic E-state index is 0.0120. The molecule has 0 unspecified atom stereocenters. The molecule has 3 nitrogen and oxygen atoms in total. The van der Waals surface area contributed by atoms with Crippen LogP contribution in [0.25, 0.3) is 85.6 Å². The van der Waals surface area contributed by atoms with E-state index in [2.05, 4.69) is 0 Å². The van der Waals surface area contributed by atoms with Gasteiger partial charge in [-0.1, -0.05) is 121 Å². The third-order valence-corrected chi connectivity index (χ3v) is 9.60. The summed E-state index contributed by atoms with van der Waals surface area (Å²) in [6, 6.07) is 17.5. The van der Waals surface area contributed by atoms with Gasteiger partial charge >= 0.3 is 0 Å². The zero-order valence-corrected chi connectivity index (χ0v) is 24.2. The van der Waals surface area contributed by atoms with Gasteiger partial charge in [0, 0.05) is 57.0 Å². The highest BCUT2D eigenvalue weighted by Crippen LogP contribution is 2.42. The lowest BCUT2D eigenvalue weighted by Crippen LogP contribution is -2.00. The molecule has 0 aliphatic heterocycles. The molecule has 6 aromatic carbocycles. The van der Waals surface area contributed by atoms with Crippen molar-refractivity contribution in [3.05, 3.63) is 139 Å². The molecule has 3 heterocycles. The summed E-state index contributed by atoms with van der Waals surface area (Å²) in [7, 11) is 0. The number of hydrogen-bond acceptors (Lipinski definition) is 5. The van der Waals surface area contributed by atoms with E-state index < -0.39 is 54.4 Å². The Kier molecular flexibility index (Phi) is 3.84. The Morgan fingerprint density at radius 2 is 1.23 bits per heavy atom. The summed E-state index contributed by atoms with van der Waals surface area (Å²) < 4.78 is 98.8. The highest BCUT2D eigenvalue weighted by Gasteiger charge is 2.18. The Hall–Kier alpha value is -5.23. The number of benzene rings is 6. The van der Waals surface area contributed by atoms with E-state index in [4.69, 9.17) is 25.9 Å². The monoisotopic (exact) mass is 608 g/mol. The van der Waals surface area contributed by atoms with Crippen LogP contribution >= 0.6 is 22.7 Å². The minimum atomic E-state index is -0.629. The van der Waals surface area contributed by atoms with Gasteiger partial charge in [-0.3, -0.25) is 0 Å².